The number of amides is 1. The molecule has 0 aliphatic carbocycles. The number of carbonyl (C=O) groups excluding carboxylic acids is 1. The lowest BCUT2D eigenvalue weighted by molar-refractivity contribution is -0.110. The van der Waals surface area contributed by atoms with Crippen molar-refractivity contribution in [2.75, 3.05) is 5.32 Å². The minimum atomic E-state index is -0.134. The number of anilines is 1. The number of carbonyl (C=O) groups is 1. The predicted octanol–water partition coefficient (Wildman–Crippen LogP) is 3.68. The van der Waals surface area contributed by atoms with Crippen LogP contribution in [0.15, 0.2) is 41.4 Å². The molecule has 3 rings (SSSR count). The van der Waals surface area contributed by atoms with E-state index in [2.05, 4.69) is 16.4 Å². The molecule has 3 nitrogen and oxygen atoms in total. The van der Waals surface area contributed by atoms with Crippen LogP contribution in [0.1, 0.15) is 22.3 Å². The molecule has 3 heteroatoms. The number of rotatable bonds is 1. The van der Waals surface area contributed by atoms with Crippen LogP contribution >= 0.6 is 0 Å². The molecule has 0 saturated heterocycles. The maximum absolute atomic E-state index is 12.1. The fourth-order valence-corrected chi connectivity index (χ4v) is 2.43. The molecule has 1 heterocycles. The first-order chi connectivity index (χ1) is 9.54. The van der Waals surface area contributed by atoms with Crippen molar-refractivity contribution in [1.29, 1.82) is 0 Å². The van der Waals surface area contributed by atoms with Crippen molar-refractivity contribution < 1.29 is 4.79 Å². The lowest BCUT2D eigenvalue weighted by Crippen LogP contribution is -2.14. The Kier molecular flexibility index (Phi) is 2.90. The maximum atomic E-state index is 12.1. The van der Waals surface area contributed by atoms with Crippen molar-refractivity contribution in [2.45, 2.75) is 20.8 Å². The van der Waals surface area contributed by atoms with Gasteiger partial charge in [-0.2, -0.15) is 0 Å². The molecule has 1 aliphatic rings. The molecule has 1 amide bonds. The molecule has 1 aliphatic heterocycles. The monoisotopic (exact) mass is 264 g/mol. The molecule has 0 saturated carbocycles. The number of fused-ring (bicyclic) bond motifs is 1. The van der Waals surface area contributed by atoms with E-state index in [1.165, 1.54) is 5.56 Å². The molecule has 0 unspecified atom stereocenters. The van der Waals surface area contributed by atoms with Crippen LogP contribution in [0.25, 0.3) is 0 Å². The quantitative estimate of drug-likeness (QED) is 0.838. The van der Waals surface area contributed by atoms with Crippen molar-refractivity contribution in [2.24, 2.45) is 4.99 Å². The van der Waals surface area contributed by atoms with E-state index < -0.39 is 0 Å². The molecule has 20 heavy (non-hydrogen) atoms. The van der Waals surface area contributed by atoms with E-state index in [0.29, 0.717) is 5.71 Å². The van der Waals surface area contributed by atoms with E-state index in [-0.39, 0.29) is 5.91 Å². The van der Waals surface area contributed by atoms with Crippen LogP contribution in [0.4, 0.5) is 11.4 Å². The summed E-state index contributed by atoms with van der Waals surface area (Å²) in [5, 5.41) is 2.86. The van der Waals surface area contributed by atoms with Crippen LogP contribution < -0.4 is 5.32 Å². The number of nitrogens with one attached hydrogen (secondary N) is 1. The third-order valence-corrected chi connectivity index (χ3v) is 3.48. The third-order valence-electron chi connectivity index (χ3n) is 3.48. The molecule has 1 N–H and O–H groups in total. The van der Waals surface area contributed by atoms with Crippen molar-refractivity contribution in [1.82, 2.24) is 0 Å². The van der Waals surface area contributed by atoms with Gasteiger partial charge in [-0.15, -0.1) is 0 Å². The van der Waals surface area contributed by atoms with E-state index in [1.807, 2.05) is 51.1 Å². The van der Waals surface area contributed by atoms with Crippen molar-refractivity contribution >= 4 is 23.0 Å². The summed E-state index contributed by atoms with van der Waals surface area (Å²) in [6, 6.07) is 11.9. The Balaban J connectivity index is 2.13. The highest BCUT2D eigenvalue weighted by atomic mass is 16.2. The van der Waals surface area contributed by atoms with Gasteiger partial charge in [-0.1, -0.05) is 29.3 Å². The topological polar surface area (TPSA) is 41.5 Å². The van der Waals surface area contributed by atoms with E-state index in [0.717, 1.165) is 28.1 Å². The molecule has 0 spiro atoms. The number of hydrogen-bond donors (Lipinski definition) is 1. The average Bonchev–Trinajstić information content (AvgIpc) is 2.69. The highest BCUT2D eigenvalue weighted by Gasteiger charge is 2.25. The fraction of sp³-hybridized carbons (Fsp3) is 0.176. The molecule has 100 valence electrons. The smallest absolute Gasteiger partial charge is 0.275 e. The second-order valence-electron chi connectivity index (χ2n) is 5.25. The Morgan fingerprint density at radius 3 is 2.40 bits per heavy atom. The van der Waals surface area contributed by atoms with Gasteiger partial charge in [0.1, 0.15) is 5.71 Å². The number of aryl methyl sites for hydroxylation is 3. The number of nitrogens with zero attached hydrogens (tertiary/aromatic N) is 1. The predicted molar refractivity (Wildman–Crippen MR) is 81.9 cm³/mol. The average molecular weight is 264 g/mol. The molecule has 0 aromatic heterocycles. The summed E-state index contributed by atoms with van der Waals surface area (Å²) in [5.41, 5.74) is 6.45. The summed E-state index contributed by atoms with van der Waals surface area (Å²) < 4.78 is 0. The third kappa shape index (κ3) is 2.11. The minimum absolute atomic E-state index is 0.134. The van der Waals surface area contributed by atoms with E-state index in [9.17, 15) is 4.79 Å². The Morgan fingerprint density at radius 1 is 0.950 bits per heavy atom. The molecule has 0 atom stereocenters. The Labute approximate surface area is 118 Å². The summed E-state index contributed by atoms with van der Waals surface area (Å²) >= 11 is 0. The molecular weight excluding hydrogens is 248 g/mol. The standard InChI is InChI=1S/C17H16N2O/c1-10-4-6-14(12(3)8-10)18-16-13-9-11(2)5-7-15(13)19-17(16)20/h4-9H,1-3H3,(H,18,19,20). The molecule has 2 aromatic rings. The first-order valence-electron chi connectivity index (χ1n) is 6.63. The first kappa shape index (κ1) is 12.6. The normalized spacial score (nSPS) is 15.3. The van der Waals surface area contributed by atoms with Crippen molar-refractivity contribution in [3.8, 4) is 0 Å². The highest BCUT2D eigenvalue weighted by molar-refractivity contribution is 6.54. The SMILES string of the molecule is Cc1ccc(N=C2C(=O)Nc3ccc(C)cc32)c(C)c1. The van der Waals surface area contributed by atoms with Crippen LogP contribution in [0, 0.1) is 20.8 Å². The van der Waals surface area contributed by atoms with Crippen LogP contribution in [-0.4, -0.2) is 11.6 Å². The first-order valence-corrected chi connectivity index (χ1v) is 6.63. The highest BCUT2D eigenvalue weighted by Crippen LogP contribution is 2.28. The zero-order valence-corrected chi connectivity index (χ0v) is 11.8. The van der Waals surface area contributed by atoms with E-state index >= 15 is 0 Å². The zero-order chi connectivity index (χ0) is 14.3. The summed E-state index contributed by atoms with van der Waals surface area (Å²) in [6.07, 6.45) is 0. The largest absolute Gasteiger partial charge is 0.320 e. The summed E-state index contributed by atoms with van der Waals surface area (Å²) in [4.78, 5) is 16.7. The Hall–Kier alpha value is -2.42. The minimum Gasteiger partial charge on any atom is -0.320 e. The van der Waals surface area contributed by atoms with Crippen LogP contribution in [0.2, 0.25) is 0 Å². The zero-order valence-electron chi connectivity index (χ0n) is 11.8. The van der Waals surface area contributed by atoms with Crippen molar-refractivity contribution in [3.63, 3.8) is 0 Å². The van der Waals surface area contributed by atoms with Crippen LogP contribution in [0.5, 0.6) is 0 Å². The van der Waals surface area contributed by atoms with Gasteiger partial charge in [-0.05, 0) is 44.5 Å². The van der Waals surface area contributed by atoms with Crippen molar-refractivity contribution in [3.05, 3.63) is 58.7 Å². The van der Waals surface area contributed by atoms with Crippen LogP contribution in [-0.2, 0) is 4.79 Å². The lowest BCUT2D eigenvalue weighted by Gasteiger charge is -2.03. The summed E-state index contributed by atoms with van der Waals surface area (Å²) in [6.45, 7) is 6.07. The second kappa shape index (κ2) is 4.60. The van der Waals surface area contributed by atoms with E-state index in [1.54, 1.807) is 0 Å². The molecule has 0 bridgehead atoms. The van der Waals surface area contributed by atoms with Gasteiger partial charge in [0.05, 0.1) is 11.4 Å². The second-order valence-corrected chi connectivity index (χ2v) is 5.25. The van der Waals surface area contributed by atoms with Gasteiger partial charge >= 0.3 is 0 Å². The van der Waals surface area contributed by atoms with Crippen LogP contribution in [0.3, 0.4) is 0 Å². The van der Waals surface area contributed by atoms with Gasteiger partial charge in [0.15, 0.2) is 0 Å². The number of hydrogen-bond acceptors (Lipinski definition) is 2. The Bertz CT molecular complexity index is 745. The maximum Gasteiger partial charge on any atom is 0.275 e. The van der Waals surface area contributed by atoms with Gasteiger partial charge < -0.3 is 5.32 Å². The molecule has 2 aromatic carbocycles. The number of aliphatic imine (C=N–C) groups is 1. The van der Waals surface area contributed by atoms with Gasteiger partial charge in [0.2, 0.25) is 0 Å². The van der Waals surface area contributed by atoms with Gasteiger partial charge in [-0.25, -0.2) is 4.99 Å². The summed E-state index contributed by atoms with van der Waals surface area (Å²) in [7, 11) is 0. The fourth-order valence-electron chi connectivity index (χ4n) is 2.43. The Morgan fingerprint density at radius 2 is 1.65 bits per heavy atom. The van der Waals surface area contributed by atoms with Gasteiger partial charge in [-0.3, -0.25) is 4.79 Å². The molecule has 0 radical (unpaired) electrons. The van der Waals surface area contributed by atoms with Gasteiger partial charge in [0, 0.05) is 5.56 Å². The number of benzene rings is 2. The molecular formula is C17H16N2O. The van der Waals surface area contributed by atoms with Gasteiger partial charge in [0.25, 0.3) is 5.91 Å². The molecule has 0 fully saturated rings. The summed E-state index contributed by atoms with van der Waals surface area (Å²) in [5.74, 6) is -0.134. The van der Waals surface area contributed by atoms with E-state index in [4.69, 9.17) is 0 Å². The lowest BCUT2D eigenvalue weighted by atomic mass is 10.1.